The first-order valence-corrected chi connectivity index (χ1v) is 8.97. The fraction of sp³-hybridized carbons (Fsp3) is 0.286. The van der Waals surface area contributed by atoms with Crippen LogP contribution in [0.3, 0.4) is 0 Å². The van der Waals surface area contributed by atoms with Gasteiger partial charge < -0.3 is 19.3 Å². The lowest BCUT2D eigenvalue weighted by Gasteiger charge is -2.27. The Morgan fingerprint density at radius 3 is 2.50 bits per heavy atom. The number of nitrogens with zero attached hydrogens (tertiary/aromatic N) is 2. The van der Waals surface area contributed by atoms with Crippen LogP contribution in [0.4, 0.5) is 5.69 Å². The van der Waals surface area contributed by atoms with Crippen LogP contribution in [0.15, 0.2) is 60.0 Å². The number of hydrogen-bond acceptors (Lipinski definition) is 6. The van der Waals surface area contributed by atoms with Gasteiger partial charge in [-0.3, -0.25) is 4.79 Å². The molecule has 1 aromatic rings. The first kappa shape index (κ1) is 19.4. The number of esters is 2. The van der Waals surface area contributed by atoms with Crippen molar-refractivity contribution in [2.45, 2.75) is 19.4 Å². The third-order valence-electron chi connectivity index (χ3n) is 4.67. The molecule has 2 heterocycles. The van der Waals surface area contributed by atoms with Crippen molar-refractivity contribution in [3.63, 3.8) is 0 Å². The number of methoxy groups -OCH3 is 2. The maximum Gasteiger partial charge on any atom is 0.355 e. The number of carbonyl (C=O) groups is 3. The van der Waals surface area contributed by atoms with Crippen LogP contribution in [0.2, 0.25) is 0 Å². The van der Waals surface area contributed by atoms with Gasteiger partial charge in [-0.05, 0) is 30.2 Å². The van der Waals surface area contributed by atoms with Crippen LogP contribution in [-0.2, 0) is 30.4 Å². The molecule has 0 bridgehead atoms. The van der Waals surface area contributed by atoms with Crippen molar-refractivity contribution in [3.8, 4) is 0 Å². The van der Waals surface area contributed by atoms with E-state index in [1.54, 1.807) is 28.2 Å². The number of para-hydroxylation sites is 1. The zero-order valence-electron chi connectivity index (χ0n) is 15.9. The van der Waals surface area contributed by atoms with Gasteiger partial charge in [-0.1, -0.05) is 24.3 Å². The van der Waals surface area contributed by atoms with E-state index < -0.39 is 11.9 Å². The summed E-state index contributed by atoms with van der Waals surface area (Å²) in [4.78, 5) is 40.3. The quantitative estimate of drug-likeness (QED) is 0.728. The van der Waals surface area contributed by atoms with Gasteiger partial charge in [0.1, 0.15) is 5.70 Å². The minimum atomic E-state index is -0.663. The van der Waals surface area contributed by atoms with Gasteiger partial charge in [0.25, 0.3) is 0 Å². The van der Waals surface area contributed by atoms with E-state index in [0.717, 1.165) is 12.0 Å². The second kappa shape index (κ2) is 8.56. The number of carbonyl (C=O) groups excluding carboxylic acids is 3. The molecule has 146 valence electrons. The number of ether oxygens (including phenoxy) is 2. The highest BCUT2D eigenvalue weighted by Crippen LogP contribution is 2.30. The summed E-state index contributed by atoms with van der Waals surface area (Å²) in [7, 11) is 2.52. The number of amides is 1. The highest BCUT2D eigenvalue weighted by Gasteiger charge is 2.29. The number of anilines is 1. The average Bonchev–Trinajstić information content (AvgIpc) is 2.99. The molecule has 2 aliphatic heterocycles. The lowest BCUT2D eigenvalue weighted by atomic mass is 10.1. The van der Waals surface area contributed by atoms with E-state index >= 15 is 0 Å². The Balaban J connectivity index is 2.09. The molecule has 1 amide bonds. The number of likely N-dealkylation sites (tertiary alicyclic amines) is 1. The molecule has 0 spiro atoms. The van der Waals surface area contributed by atoms with Crippen molar-refractivity contribution in [1.82, 2.24) is 4.90 Å². The SMILES string of the molecule is COC(=O)C1=C(C(=O)OC)N(c2ccccc2CN2CCCC2=O)C=CC=C1. The maximum atomic E-state index is 12.6. The van der Waals surface area contributed by atoms with Gasteiger partial charge in [0.15, 0.2) is 0 Å². The standard InChI is InChI=1S/C21H22N2O5/c1-27-20(25)16-9-5-6-13-23(19(16)21(26)28-2)17-10-4-3-8-15(17)14-22-12-7-11-18(22)24/h3-6,8-10,13H,7,11-12,14H2,1-2H3. The number of rotatable bonds is 5. The summed E-state index contributed by atoms with van der Waals surface area (Å²) in [5.41, 5.74) is 1.69. The van der Waals surface area contributed by atoms with E-state index in [1.807, 2.05) is 24.3 Å². The largest absolute Gasteiger partial charge is 0.465 e. The minimum absolute atomic E-state index is 0.0551. The van der Waals surface area contributed by atoms with E-state index in [-0.39, 0.29) is 17.2 Å². The van der Waals surface area contributed by atoms with Crippen LogP contribution in [0.25, 0.3) is 0 Å². The van der Waals surface area contributed by atoms with Gasteiger partial charge in [-0.25, -0.2) is 9.59 Å². The number of allylic oxidation sites excluding steroid dienone is 2. The van der Waals surface area contributed by atoms with Gasteiger partial charge in [0.05, 0.1) is 25.5 Å². The smallest absolute Gasteiger partial charge is 0.355 e. The third kappa shape index (κ3) is 3.83. The molecule has 0 N–H and O–H groups in total. The Bertz CT molecular complexity index is 885. The molecule has 0 aliphatic carbocycles. The van der Waals surface area contributed by atoms with Crippen LogP contribution in [0.1, 0.15) is 18.4 Å². The summed E-state index contributed by atoms with van der Waals surface area (Å²) in [6, 6.07) is 7.45. The molecule has 2 aliphatic rings. The molecule has 28 heavy (non-hydrogen) atoms. The molecule has 0 atom stereocenters. The highest BCUT2D eigenvalue weighted by atomic mass is 16.5. The lowest BCUT2D eigenvalue weighted by Crippen LogP contribution is -2.29. The Labute approximate surface area is 163 Å². The maximum absolute atomic E-state index is 12.6. The molecule has 1 fully saturated rings. The van der Waals surface area contributed by atoms with Crippen LogP contribution < -0.4 is 4.90 Å². The van der Waals surface area contributed by atoms with Crippen LogP contribution in [0.5, 0.6) is 0 Å². The molecule has 7 nitrogen and oxygen atoms in total. The zero-order chi connectivity index (χ0) is 20.1. The second-order valence-electron chi connectivity index (χ2n) is 6.36. The van der Waals surface area contributed by atoms with E-state index in [9.17, 15) is 14.4 Å². The number of hydrogen-bond donors (Lipinski definition) is 0. The fourth-order valence-corrected chi connectivity index (χ4v) is 3.31. The molecule has 7 heteroatoms. The summed E-state index contributed by atoms with van der Waals surface area (Å²) < 4.78 is 9.78. The first-order valence-electron chi connectivity index (χ1n) is 8.97. The van der Waals surface area contributed by atoms with Crippen molar-refractivity contribution in [1.29, 1.82) is 0 Å². The summed E-state index contributed by atoms with van der Waals surface area (Å²) in [6.07, 6.45) is 7.97. The highest BCUT2D eigenvalue weighted by molar-refractivity contribution is 6.05. The first-order chi connectivity index (χ1) is 13.6. The van der Waals surface area contributed by atoms with Crippen molar-refractivity contribution in [3.05, 3.63) is 65.5 Å². The molecule has 0 saturated carbocycles. The normalized spacial score (nSPS) is 16.4. The third-order valence-corrected chi connectivity index (χ3v) is 4.67. The van der Waals surface area contributed by atoms with Crippen molar-refractivity contribution in [2.75, 3.05) is 25.7 Å². The van der Waals surface area contributed by atoms with E-state index in [4.69, 9.17) is 9.47 Å². The molecular weight excluding hydrogens is 360 g/mol. The molecule has 3 rings (SSSR count). The minimum Gasteiger partial charge on any atom is -0.465 e. The predicted octanol–water partition coefficient (Wildman–Crippen LogP) is 2.30. The average molecular weight is 382 g/mol. The zero-order valence-corrected chi connectivity index (χ0v) is 15.9. The van der Waals surface area contributed by atoms with Crippen LogP contribution in [0, 0.1) is 0 Å². The summed E-state index contributed by atoms with van der Waals surface area (Å²) in [6.45, 7) is 1.13. The van der Waals surface area contributed by atoms with Gasteiger partial charge in [-0.15, -0.1) is 0 Å². The lowest BCUT2D eigenvalue weighted by molar-refractivity contribution is -0.139. The Morgan fingerprint density at radius 2 is 1.82 bits per heavy atom. The monoisotopic (exact) mass is 382 g/mol. The van der Waals surface area contributed by atoms with Crippen molar-refractivity contribution < 1.29 is 23.9 Å². The summed E-state index contributed by atoms with van der Waals surface area (Å²) in [5.74, 6) is -1.19. The summed E-state index contributed by atoms with van der Waals surface area (Å²) >= 11 is 0. The Hall–Kier alpha value is -3.35. The number of benzene rings is 1. The molecule has 1 saturated heterocycles. The molecule has 0 aromatic heterocycles. The van der Waals surface area contributed by atoms with Crippen LogP contribution in [-0.4, -0.2) is 43.5 Å². The second-order valence-corrected chi connectivity index (χ2v) is 6.36. The summed E-state index contributed by atoms with van der Waals surface area (Å²) in [5, 5.41) is 0. The Kier molecular flexibility index (Phi) is 5.93. The van der Waals surface area contributed by atoms with Gasteiger partial charge in [0, 0.05) is 25.7 Å². The fourth-order valence-electron chi connectivity index (χ4n) is 3.31. The van der Waals surface area contributed by atoms with Crippen molar-refractivity contribution in [2.24, 2.45) is 0 Å². The van der Waals surface area contributed by atoms with Crippen LogP contribution >= 0.6 is 0 Å². The Morgan fingerprint density at radius 1 is 1.07 bits per heavy atom. The molecular formula is C21H22N2O5. The topological polar surface area (TPSA) is 76.2 Å². The molecule has 1 aromatic carbocycles. The van der Waals surface area contributed by atoms with Gasteiger partial charge in [0.2, 0.25) is 5.91 Å². The van der Waals surface area contributed by atoms with Gasteiger partial charge in [-0.2, -0.15) is 0 Å². The van der Waals surface area contributed by atoms with E-state index in [0.29, 0.717) is 25.2 Å². The van der Waals surface area contributed by atoms with Crippen molar-refractivity contribution >= 4 is 23.5 Å². The molecule has 0 radical (unpaired) electrons. The molecule has 0 unspecified atom stereocenters. The predicted molar refractivity (Wildman–Crippen MR) is 103 cm³/mol. The van der Waals surface area contributed by atoms with Gasteiger partial charge >= 0.3 is 11.9 Å². The van der Waals surface area contributed by atoms with E-state index in [2.05, 4.69) is 0 Å². The van der Waals surface area contributed by atoms with E-state index in [1.165, 1.54) is 20.3 Å².